The molecule has 1 atom stereocenters. The first-order chi connectivity index (χ1) is 7.52. The Morgan fingerprint density at radius 2 is 1.75 bits per heavy atom. The molecule has 1 aliphatic heterocycles. The Morgan fingerprint density at radius 3 is 2.19 bits per heavy atom. The SMILES string of the molecule is CCCN1C(=O)N(CCC)C(C)(CS)C1=O. The molecule has 0 aromatic rings. The Bertz CT molecular complexity index is 296. The molecule has 0 saturated carbocycles. The highest BCUT2D eigenvalue weighted by molar-refractivity contribution is 7.80. The fraction of sp³-hybridized carbons (Fsp3) is 0.818. The van der Waals surface area contributed by atoms with E-state index in [9.17, 15) is 9.59 Å². The van der Waals surface area contributed by atoms with Crippen LogP contribution < -0.4 is 0 Å². The maximum Gasteiger partial charge on any atom is 0.327 e. The monoisotopic (exact) mass is 244 g/mol. The molecule has 0 bridgehead atoms. The molecule has 1 unspecified atom stereocenters. The van der Waals surface area contributed by atoms with E-state index in [0.717, 1.165) is 12.8 Å². The first-order valence-electron chi connectivity index (χ1n) is 5.77. The van der Waals surface area contributed by atoms with Crippen LogP contribution in [-0.2, 0) is 4.79 Å². The topological polar surface area (TPSA) is 40.6 Å². The third kappa shape index (κ3) is 1.93. The number of carbonyl (C=O) groups excluding carboxylic acids is 2. The van der Waals surface area contributed by atoms with Gasteiger partial charge in [-0.2, -0.15) is 12.6 Å². The van der Waals surface area contributed by atoms with Gasteiger partial charge < -0.3 is 4.90 Å². The minimum Gasteiger partial charge on any atom is -0.309 e. The molecule has 3 amide bonds. The molecule has 1 aliphatic rings. The Morgan fingerprint density at radius 1 is 1.19 bits per heavy atom. The second-order valence-electron chi connectivity index (χ2n) is 4.32. The summed E-state index contributed by atoms with van der Waals surface area (Å²) in [4.78, 5) is 27.2. The quantitative estimate of drug-likeness (QED) is 0.591. The summed E-state index contributed by atoms with van der Waals surface area (Å²) in [5.41, 5.74) is -0.759. The zero-order valence-electron chi connectivity index (χ0n) is 10.2. The zero-order valence-corrected chi connectivity index (χ0v) is 11.1. The van der Waals surface area contributed by atoms with Gasteiger partial charge in [0.05, 0.1) is 0 Å². The van der Waals surface area contributed by atoms with E-state index in [2.05, 4.69) is 12.6 Å². The molecule has 0 spiro atoms. The third-order valence-electron chi connectivity index (χ3n) is 2.97. The highest BCUT2D eigenvalue weighted by Gasteiger charge is 2.52. The summed E-state index contributed by atoms with van der Waals surface area (Å²) in [5, 5.41) is 0. The lowest BCUT2D eigenvalue weighted by Gasteiger charge is -2.29. The van der Waals surface area contributed by atoms with Gasteiger partial charge in [-0.3, -0.25) is 9.69 Å². The van der Waals surface area contributed by atoms with E-state index in [1.54, 1.807) is 11.8 Å². The maximum absolute atomic E-state index is 12.2. The van der Waals surface area contributed by atoms with E-state index in [0.29, 0.717) is 18.8 Å². The Labute approximate surface area is 102 Å². The average Bonchev–Trinajstić information content (AvgIpc) is 2.45. The number of hydrogen-bond donors (Lipinski definition) is 1. The van der Waals surface area contributed by atoms with Gasteiger partial charge in [0, 0.05) is 18.8 Å². The van der Waals surface area contributed by atoms with Crippen molar-refractivity contribution in [2.24, 2.45) is 0 Å². The second kappa shape index (κ2) is 5.08. The van der Waals surface area contributed by atoms with Crippen LogP contribution in [-0.4, -0.2) is 46.1 Å². The molecule has 0 aromatic carbocycles. The molecule has 0 N–H and O–H groups in total. The second-order valence-corrected chi connectivity index (χ2v) is 4.64. The van der Waals surface area contributed by atoms with Gasteiger partial charge in [0.15, 0.2) is 0 Å². The number of thiol groups is 1. The van der Waals surface area contributed by atoms with Crippen molar-refractivity contribution in [1.29, 1.82) is 0 Å². The van der Waals surface area contributed by atoms with Crippen LogP contribution >= 0.6 is 12.6 Å². The lowest BCUT2D eigenvalue weighted by Crippen LogP contribution is -2.49. The van der Waals surface area contributed by atoms with Crippen LogP contribution in [0.5, 0.6) is 0 Å². The van der Waals surface area contributed by atoms with Crippen molar-refractivity contribution >= 4 is 24.6 Å². The van der Waals surface area contributed by atoms with Crippen molar-refractivity contribution in [1.82, 2.24) is 9.80 Å². The van der Waals surface area contributed by atoms with Gasteiger partial charge in [0.25, 0.3) is 5.91 Å². The largest absolute Gasteiger partial charge is 0.327 e. The van der Waals surface area contributed by atoms with Crippen molar-refractivity contribution in [3.63, 3.8) is 0 Å². The van der Waals surface area contributed by atoms with Crippen molar-refractivity contribution in [2.45, 2.75) is 39.2 Å². The van der Waals surface area contributed by atoms with Gasteiger partial charge in [-0.1, -0.05) is 13.8 Å². The summed E-state index contributed by atoms with van der Waals surface area (Å²) in [6.45, 7) is 6.87. The highest BCUT2D eigenvalue weighted by atomic mass is 32.1. The van der Waals surface area contributed by atoms with Gasteiger partial charge in [0.1, 0.15) is 5.54 Å². The van der Waals surface area contributed by atoms with E-state index in [-0.39, 0.29) is 11.9 Å². The third-order valence-corrected chi connectivity index (χ3v) is 3.58. The number of imide groups is 1. The Balaban J connectivity index is 2.99. The summed E-state index contributed by atoms with van der Waals surface area (Å²) in [6, 6.07) is -0.162. The molecule has 1 heterocycles. The predicted octanol–water partition coefficient (Wildman–Crippen LogP) is 1.76. The number of nitrogens with zero attached hydrogens (tertiary/aromatic N) is 2. The van der Waals surface area contributed by atoms with E-state index in [4.69, 9.17) is 0 Å². The lowest BCUT2D eigenvalue weighted by molar-refractivity contribution is -0.131. The number of amides is 3. The van der Waals surface area contributed by atoms with Crippen molar-refractivity contribution < 1.29 is 9.59 Å². The summed E-state index contributed by atoms with van der Waals surface area (Å²) in [7, 11) is 0. The van der Waals surface area contributed by atoms with Gasteiger partial charge in [-0.25, -0.2) is 4.79 Å². The van der Waals surface area contributed by atoms with E-state index >= 15 is 0 Å². The van der Waals surface area contributed by atoms with Crippen LogP contribution in [0.4, 0.5) is 4.79 Å². The van der Waals surface area contributed by atoms with Crippen molar-refractivity contribution in [2.75, 3.05) is 18.8 Å². The molecule has 92 valence electrons. The molecule has 1 rings (SSSR count). The van der Waals surface area contributed by atoms with Crippen LogP contribution in [0.25, 0.3) is 0 Å². The molecule has 16 heavy (non-hydrogen) atoms. The lowest BCUT2D eigenvalue weighted by atomic mass is 10.0. The molecule has 1 saturated heterocycles. The Kier molecular flexibility index (Phi) is 4.24. The first kappa shape index (κ1) is 13.4. The molecule has 0 radical (unpaired) electrons. The number of carbonyl (C=O) groups is 2. The molecule has 0 aliphatic carbocycles. The van der Waals surface area contributed by atoms with E-state index in [1.807, 2.05) is 13.8 Å². The predicted molar refractivity (Wildman–Crippen MR) is 66.7 cm³/mol. The average molecular weight is 244 g/mol. The summed E-state index contributed by atoms with van der Waals surface area (Å²) >= 11 is 4.22. The summed E-state index contributed by atoms with van der Waals surface area (Å²) in [5.74, 6) is 0.264. The number of hydrogen-bond acceptors (Lipinski definition) is 3. The normalized spacial score (nSPS) is 25.8. The highest BCUT2D eigenvalue weighted by Crippen LogP contribution is 2.29. The van der Waals surface area contributed by atoms with Gasteiger partial charge in [-0.05, 0) is 19.8 Å². The smallest absolute Gasteiger partial charge is 0.309 e. The first-order valence-corrected chi connectivity index (χ1v) is 6.40. The van der Waals surface area contributed by atoms with Crippen molar-refractivity contribution in [3.05, 3.63) is 0 Å². The molecule has 1 fully saturated rings. The van der Waals surface area contributed by atoms with Crippen LogP contribution in [0.15, 0.2) is 0 Å². The number of rotatable bonds is 5. The molecule has 0 aromatic heterocycles. The fourth-order valence-corrected chi connectivity index (χ4v) is 2.30. The van der Waals surface area contributed by atoms with E-state index in [1.165, 1.54) is 4.90 Å². The standard InChI is InChI=1S/C11H20N2O2S/c1-4-6-12-9(14)11(3,8-16)13(7-5-2)10(12)15/h16H,4-8H2,1-3H3. The number of urea groups is 1. The van der Waals surface area contributed by atoms with E-state index < -0.39 is 5.54 Å². The summed E-state index contributed by atoms with van der Waals surface area (Å²) in [6.07, 6.45) is 1.64. The van der Waals surface area contributed by atoms with Crippen LogP contribution in [0.1, 0.15) is 33.6 Å². The Hall–Kier alpha value is -0.710. The molecular formula is C11H20N2O2S. The molecule has 5 heteroatoms. The molecular weight excluding hydrogens is 224 g/mol. The van der Waals surface area contributed by atoms with Gasteiger partial charge in [-0.15, -0.1) is 0 Å². The zero-order chi connectivity index (χ0) is 12.3. The van der Waals surface area contributed by atoms with Crippen LogP contribution in [0.2, 0.25) is 0 Å². The fourth-order valence-electron chi connectivity index (χ4n) is 1.99. The van der Waals surface area contributed by atoms with Crippen LogP contribution in [0, 0.1) is 0 Å². The summed E-state index contributed by atoms with van der Waals surface area (Å²) < 4.78 is 0. The molecule has 4 nitrogen and oxygen atoms in total. The minimum atomic E-state index is -0.759. The van der Waals surface area contributed by atoms with Crippen LogP contribution in [0.3, 0.4) is 0 Å². The maximum atomic E-state index is 12.2. The minimum absolute atomic E-state index is 0.109. The van der Waals surface area contributed by atoms with Gasteiger partial charge in [0.2, 0.25) is 0 Å². The van der Waals surface area contributed by atoms with Crippen molar-refractivity contribution in [3.8, 4) is 0 Å². The van der Waals surface area contributed by atoms with Gasteiger partial charge >= 0.3 is 6.03 Å².